The molecule has 0 radical (unpaired) electrons. The Kier molecular flexibility index (Phi) is 8.63. The summed E-state index contributed by atoms with van der Waals surface area (Å²) >= 11 is 5.99. The predicted molar refractivity (Wildman–Crippen MR) is 110 cm³/mol. The SMILES string of the molecule is CC(C)C(=O)OCCOC(=O)c1cc(Oc2ccc(CC(F)(F)F)cc2Cl)ccc1[N+](=O)[O-]. The van der Waals surface area contributed by atoms with E-state index in [0.29, 0.717) is 0 Å². The van der Waals surface area contributed by atoms with Crippen LogP contribution < -0.4 is 4.74 Å². The second-order valence-corrected chi connectivity index (χ2v) is 7.46. The first-order chi connectivity index (χ1) is 15.4. The number of nitrogens with zero attached hydrogens (tertiary/aromatic N) is 1. The minimum absolute atomic E-state index is 0.0173. The third kappa shape index (κ3) is 7.94. The van der Waals surface area contributed by atoms with Crippen LogP contribution in [0.2, 0.25) is 5.02 Å². The predicted octanol–water partition coefficient (Wildman–Crippen LogP) is 5.50. The highest BCUT2D eigenvalue weighted by Crippen LogP contribution is 2.34. The Hall–Kier alpha value is -3.34. The van der Waals surface area contributed by atoms with E-state index < -0.39 is 40.7 Å². The molecule has 0 saturated carbocycles. The number of nitro benzene ring substituents is 1. The van der Waals surface area contributed by atoms with Crippen LogP contribution in [-0.4, -0.2) is 36.3 Å². The summed E-state index contributed by atoms with van der Waals surface area (Å²) in [6.07, 6.45) is -5.58. The van der Waals surface area contributed by atoms with Crippen molar-refractivity contribution in [3.8, 4) is 11.5 Å². The van der Waals surface area contributed by atoms with Crippen molar-refractivity contribution >= 4 is 29.2 Å². The molecule has 2 rings (SSSR count). The number of halogens is 4. The van der Waals surface area contributed by atoms with E-state index in [2.05, 4.69) is 0 Å². The molecule has 0 bridgehead atoms. The van der Waals surface area contributed by atoms with Crippen molar-refractivity contribution in [1.82, 2.24) is 0 Å². The van der Waals surface area contributed by atoms with Crippen LogP contribution in [0.3, 0.4) is 0 Å². The van der Waals surface area contributed by atoms with Crippen LogP contribution in [0.4, 0.5) is 18.9 Å². The summed E-state index contributed by atoms with van der Waals surface area (Å²) in [6, 6.07) is 6.72. The molecule has 0 atom stereocenters. The van der Waals surface area contributed by atoms with Gasteiger partial charge in [-0.2, -0.15) is 13.2 Å². The van der Waals surface area contributed by atoms with E-state index in [1.165, 1.54) is 18.2 Å². The van der Waals surface area contributed by atoms with Crippen molar-refractivity contribution < 1.29 is 41.9 Å². The lowest BCUT2D eigenvalue weighted by Crippen LogP contribution is -2.17. The molecule has 0 amide bonds. The highest BCUT2D eigenvalue weighted by atomic mass is 35.5. The normalized spacial score (nSPS) is 11.2. The van der Waals surface area contributed by atoms with Crippen LogP contribution in [0.5, 0.6) is 11.5 Å². The number of alkyl halides is 3. The second kappa shape index (κ2) is 11.0. The highest BCUT2D eigenvalue weighted by molar-refractivity contribution is 6.32. The summed E-state index contributed by atoms with van der Waals surface area (Å²) in [5, 5.41) is 11.2. The first-order valence-corrected chi connectivity index (χ1v) is 9.90. The molecule has 0 aromatic heterocycles. The summed E-state index contributed by atoms with van der Waals surface area (Å²) in [5.41, 5.74) is -1.07. The monoisotopic (exact) mass is 489 g/mol. The standard InChI is InChI=1S/C21H19ClF3NO7/c1-12(2)19(27)31-7-8-32-20(28)15-10-14(4-5-17(15)26(29)30)33-18-6-3-13(9-16(18)22)11-21(23,24)25/h3-6,9-10,12H,7-8,11H2,1-2H3. The topological polar surface area (TPSA) is 105 Å². The molecule has 33 heavy (non-hydrogen) atoms. The summed E-state index contributed by atoms with van der Waals surface area (Å²) < 4.78 is 52.9. The van der Waals surface area contributed by atoms with Gasteiger partial charge < -0.3 is 14.2 Å². The average molecular weight is 490 g/mol. The number of hydrogen-bond acceptors (Lipinski definition) is 7. The molecule has 2 aromatic carbocycles. The maximum atomic E-state index is 12.5. The quantitative estimate of drug-likeness (QED) is 0.198. The Morgan fingerprint density at radius 2 is 1.76 bits per heavy atom. The molecule has 0 unspecified atom stereocenters. The molecular weight excluding hydrogens is 471 g/mol. The molecule has 0 aliphatic carbocycles. The van der Waals surface area contributed by atoms with E-state index in [0.717, 1.165) is 18.2 Å². The maximum Gasteiger partial charge on any atom is 0.393 e. The average Bonchev–Trinajstić information content (AvgIpc) is 2.71. The lowest BCUT2D eigenvalue weighted by Gasteiger charge is -2.12. The molecule has 8 nitrogen and oxygen atoms in total. The third-order valence-electron chi connectivity index (χ3n) is 4.05. The number of carbonyl (C=O) groups excluding carboxylic acids is 2. The first kappa shape index (κ1) is 25.9. The van der Waals surface area contributed by atoms with Gasteiger partial charge in [-0.1, -0.05) is 31.5 Å². The third-order valence-corrected chi connectivity index (χ3v) is 4.34. The smallest absolute Gasteiger partial charge is 0.393 e. The van der Waals surface area contributed by atoms with Crippen molar-refractivity contribution in [3.63, 3.8) is 0 Å². The molecule has 178 valence electrons. The van der Waals surface area contributed by atoms with Gasteiger partial charge in [0.2, 0.25) is 0 Å². The fourth-order valence-corrected chi connectivity index (χ4v) is 2.76. The molecule has 0 fully saturated rings. The minimum atomic E-state index is -4.41. The molecule has 0 aliphatic heterocycles. The van der Waals surface area contributed by atoms with Gasteiger partial charge in [0.15, 0.2) is 0 Å². The Morgan fingerprint density at radius 1 is 1.09 bits per heavy atom. The highest BCUT2D eigenvalue weighted by Gasteiger charge is 2.28. The largest absolute Gasteiger partial charge is 0.462 e. The van der Waals surface area contributed by atoms with E-state index in [4.69, 9.17) is 25.8 Å². The van der Waals surface area contributed by atoms with Gasteiger partial charge in [-0.05, 0) is 23.8 Å². The van der Waals surface area contributed by atoms with Gasteiger partial charge >= 0.3 is 18.1 Å². The molecule has 0 heterocycles. The van der Waals surface area contributed by atoms with Crippen LogP contribution in [0.25, 0.3) is 0 Å². The van der Waals surface area contributed by atoms with E-state index >= 15 is 0 Å². The Bertz CT molecular complexity index is 1040. The summed E-state index contributed by atoms with van der Waals surface area (Å²) in [6.45, 7) is 2.69. The molecule has 2 aromatic rings. The first-order valence-electron chi connectivity index (χ1n) is 9.52. The fraction of sp³-hybridized carbons (Fsp3) is 0.333. The minimum Gasteiger partial charge on any atom is -0.462 e. The molecule has 0 N–H and O–H groups in total. The zero-order chi connectivity index (χ0) is 24.8. The number of nitro groups is 1. The van der Waals surface area contributed by atoms with Crippen LogP contribution in [0, 0.1) is 16.0 Å². The van der Waals surface area contributed by atoms with Crippen LogP contribution in [-0.2, 0) is 20.7 Å². The lowest BCUT2D eigenvalue weighted by molar-refractivity contribution is -0.385. The summed E-state index contributed by atoms with van der Waals surface area (Å²) in [4.78, 5) is 34.2. The second-order valence-electron chi connectivity index (χ2n) is 7.05. The van der Waals surface area contributed by atoms with Gasteiger partial charge in [0, 0.05) is 12.1 Å². The maximum absolute atomic E-state index is 12.5. The van der Waals surface area contributed by atoms with Gasteiger partial charge in [-0.3, -0.25) is 14.9 Å². The van der Waals surface area contributed by atoms with E-state index in [9.17, 15) is 32.9 Å². The fourth-order valence-electron chi connectivity index (χ4n) is 2.52. The Labute approximate surface area is 191 Å². The van der Waals surface area contributed by atoms with Crippen LogP contribution in [0.15, 0.2) is 36.4 Å². The zero-order valence-corrected chi connectivity index (χ0v) is 18.2. The van der Waals surface area contributed by atoms with Crippen LogP contribution in [0.1, 0.15) is 29.8 Å². The number of esters is 2. The van der Waals surface area contributed by atoms with E-state index in [-0.39, 0.29) is 41.2 Å². The molecule has 0 saturated heterocycles. The zero-order valence-electron chi connectivity index (χ0n) is 17.5. The number of hydrogen-bond donors (Lipinski definition) is 0. The van der Waals surface area contributed by atoms with Gasteiger partial charge in [-0.15, -0.1) is 0 Å². The lowest BCUT2D eigenvalue weighted by atomic mass is 10.1. The van der Waals surface area contributed by atoms with Gasteiger partial charge in [0.05, 0.1) is 22.3 Å². The molecule has 12 heteroatoms. The van der Waals surface area contributed by atoms with E-state index in [1.54, 1.807) is 13.8 Å². The van der Waals surface area contributed by atoms with Crippen molar-refractivity contribution in [3.05, 3.63) is 62.7 Å². The Balaban J connectivity index is 2.15. The van der Waals surface area contributed by atoms with Gasteiger partial charge in [0.25, 0.3) is 5.69 Å². The van der Waals surface area contributed by atoms with Crippen molar-refractivity contribution in [2.24, 2.45) is 5.92 Å². The molecular formula is C21H19ClF3NO7. The summed E-state index contributed by atoms with van der Waals surface area (Å²) in [7, 11) is 0. The summed E-state index contributed by atoms with van der Waals surface area (Å²) in [5.74, 6) is -1.98. The van der Waals surface area contributed by atoms with Gasteiger partial charge in [-0.25, -0.2) is 4.79 Å². The number of rotatable bonds is 9. The van der Waals surface area contributed by atoms with Crippen molar-refractivity contribution in [2.75, 3.05) is 13.2 Å². The molecule has 0 aliphatic rings. The van der Waals surface area contributed by atoms with E-state index in [1.807, 2.05) is 0 Å². The number of carbonyl (C=O) groups is 2. The number of benzene rings is 2. The van der Waals surface area contributed by atoms with Crippen molar-refractivity contribution in [2.45, 2.75) is 26.4 Å². The van der Waals surface area contributed by atoms with Crippen LogP contribution >= 0.6 is 11.6 Å². The van der Waals surface area contributed by atoms with Crippen molar-refractivity contribution in [1.29, 1.82) is 0 Å². The number of ether oxygens (including phenoxy) is 3. The molecule has 0 spiro atoms. The van der Waals surface area contributed by atoms with Gasteiger partial charge in [0.1, 0.15) is 30.3 Å². The Morgan fingerprint density at radius 3 is 2.33 bits per heavy atom.